The van der Waals surface area contributed by atoms with E-state index in [1.165, 1.54) is 0 Å². The van der Waals surface area contributed by atoms with Crippen LogP contribution < -0.4 is 10.5 Å². The number of carbonyl (C=O) groups excluding carboxylic acids is 1. The minimum absolute atomic E-state index is 0.108. The molecule has 5 heteroatoms. The molecule has 0 saturated carbocycles. The number of aldehydes is 1. The minimum atomic E-state index is -0.198. The molecule has 17 heavy (non-hydrogen) atoms. The fourth-order valence-corrected chi connectivity index (χ4v) is 2.24. The number of aromatic nitrogens is 2. The van der Waals surface area contributed by atoms with Crippen LogP contribution in [0.2, 0.25) is 0 Å². The second kappa shape index (κ2) is 5.12. The molecular formula is C12H17N3O2. The van der Waals surface area contributed by atoms with Crippen LogP contribution >= 0.6 is 0 Å². The lowest BCUT2D eigenvalue weighted by molar-refractivity contribution is -0.109. The third kappa shape index (κ3) is 2.23. The van der Waals surface area contributed by atoms with E-state index in [2.05, 4.69) is 4.98 Å². The van der Waals surface area contributed by atoms with Crippen molar-refractivity contribution in [2.24, 2.45) is 0 Å². The van der Waals surface area contributed by atoms with E-state index < -0.39 is 0 Å². The molecule has 5 nitrogen and oxygen atoms in total. The van der Waals surface area contributed by atoms with Crippen molar-refractivity contribution in [2.45, 2.75) is 38.8 Å². The lowest BCUT2D eigenvalue weighted by Crippen LogP contribution is -2.44. The van der Waals surface area contributed by atoms with Crippen LogP contribution in [0.3, 0.4) is 0 Å². The van der Waals surface area contributed by atoms with Gasteiger partial charge in [-0.25, -0.2) is 4.98 Å². The number of anilines is 1. The molecule has 0 aromatic carbocycles. The molecule has 1 fully saturated rings. The van der Waals surface area contributed by atoms with Gasteiger partial charge in [-0.15, -0.1) is 0 Å². The summed E-state index contributed by atoms with van der Waals surface area (Å²) in [5.74, 6) is 0.408. The zero-order chi connectivity index (χ0) is 12.3. The predicted molar refractivity (Wildman–Crippen MR) is 65.2 cm³/mol. The van der Waals surface area contributed by atoms with Crippen LogP contribution in [0.5, 0.6) is 0 Å². The topological polar surface area (TPSA) is 55.2 Å². The lowest BCUT2D eigenvalue weighted by atomic mass is 10.0. The maximum Gasteiger partial charge on any atom is 0.293 e. The Bertz CT molecular complexity index is 455. The largest absolute Gasteiger partial charge is 0.342 e. The van der Waals surface area contributed by atoms with Crippen LogP contribution in [-0.4, -0.2) is 28.4 Å². The van der Waals surface area contributed by atoms with Gasteiger partial charge in [-0.2, -0.15) is 0 Å². The van der Waals surface area contributed by atoms with Gasteiger partial charge < -0.3 is 14.3 Å². The first kappa shape index (κ1) is 11.8. The van der Waals surface area contributed by atoms with Crippen LogP contribution in [0, 0.1) is 0 Å². The molecule has 1 aliphatic heterocycles. The molecule has 1 aromatic rings. The van der Waals surface area contributed by atoms with Crippen molar-refractivity contribution in [3.63, 3.8) is 0 Å². The van der Waals surface area contributed by atoms with E-state index in [9.17, 15) is 9.59 Å². The highest BCUT2D eigenvalue weighted by Crippen LogP contribution is 2.19. The quantitative estimate of drug-likeness (QED) is 0.728. The van der Waals surface area contributed by atoms with Crippen LogP contribution in [0.4, 0.5) is 5.82 Å². The molecule has 0 aliphatic carbocycles. The van der Waals surface area contributed by atoms with Gasteiger partial charge in [0.25, 0.3) is 5.56 Å². The average molecular weight is 235 g/mol. The monoisotopic (exact) mass is 235 g/mol. The molecule has 1 atom stereocenters. The highest BCUT2D eigenvalue weighted by molar-refractivity contribution is 5.64. The summed E-state index contributed by atoms with van der Waals surface area (Å²) < 4.78 is 1.61. The highest BCUT2D eigenvalue weighted by atomic mass is 16.1. The summed E-state index contributed by atoms with van der Waals surface area (Å²) >= 11 is 0. The van der Waals surface area contributed by atoms with Crippen molar-refractivity contribution in [1.82, 2.24) is 9.55 Å². The third-order valence-corrected chi connectivity index (χ3v) is 3.21. The first-order chi connectivity index (χ1) is 8.27. The van der Waals surface area contributed by atoms with Crippen molar-refractivity contribution in [3.05, 3.63) is 22.7 Å². The SMILES string of the molecule is CCn1ccnc(N2CCCCC2C=O)c1=O. The Morgan fingerprint density at radius 1 is 1.53 bits per heavy atom. The van der Waals surface area contributed by atoms with Gasteiger partial charge in [-0.1, -0.05) is 0 Å². The number of carbonyl (C=O) groups is 1. The van der Waals surface area contributed by atoms with Crippen LogP contribution in [0.15, 0.2) is 17.2 Å². The number of hydrogen-bond acceptors (Lipinski definition) is 4. The Kier molecular flexibility index (Phi) is 3.56. The molecule has 0 N–H and O–H groups in total. The fourth-order valence-electron chi connectivity index (χ4n) is 2.24. The lowest BCUT2D eigenvalue weighted by Gasteiger charge is -2.32. The molecule has 0 radical (unpaired) electrons. The number of nitrogens with zero attached hydrogens (tertiary/aromatic N) is 3. The Morgan fingerprint density at radius 3 is 3.06 bits per heavy atom. The van der Waals surface area contributed by atoms with Gasteiger partial charge >= 0.3 is 0 Å². The van der Waals surface area contributed by atoms with E-state index in [0.29, 0.717) is 12.4 Å². The zero-order valence-corrected chi connectivity index (χ0v) is 10.0. The van der Waals surface area contributed by atoms with Crippen molar-refractivity contribution < 1.29 is 4.79 Å². The van der Waals surface area contributed by atoms with E-state index in [1.807, 2.05) is 11.8 Å². The summed E-state index contributed by atoms with van der Waals surface area (Å²) in [5.41, 5.74) is -0.108. The van der Waals surface area contributed by atoms with Crippen LogP contribution in [-0.2, 0) is 11.3 Å². The maximum absolute atomic E-state index is 12.1. The Labute approximate surface area is 100 Å². The van der Waals surface area contributed by atoms with Gasteiger partial charge in [0.05, 0.1) is 6.04 Å². The molecule has 0 bridgehead atoms. The normalized spacial score (nSPS) is 20.3. The first-order valence-electron chi connectivity index (χ1n) is 6.05. The first-order valence-corrected chi connectivity index (χ1v) is 6.05. The Morgan fingerprint density at radius 2 is 2.35 bits per heavy atom. The third-order valence-electron chi connectivity index (χ3n) is 3.21. The van der Waals surface area contributed by atoms with Gasteiger partial charge in [0.2, 0.25) is 0 Å². The van der Waals surface area contributed by atoms with Crippen molar-refractivity contribution in [1.29, 1.82) is 0 Å². The van der Waals surface area contributed by atoms with Crippen LogP contribution in [0.25, 0.3) is 0 Å². The molecule has 92 valence electrons. The molecule has 1 aliphatic rings. The van der Waals surface area contributed by atoms with E-state index in [0.717, 1.165) is 32.1 Å². The minimum Gasteiger partial charge on any atom is -0.342 e. The van der Waals surface area contributed by atoms with Gasteiger partial charge in [0.1, 0.15) is 6.29 Å². The second-order valence-electron chi connectivity index (χ2n) is 4.23. The number of aryl methyl sites for hydroxylation is 1. The molecule has 2 rings (SSSR count). The summed E-state index contributed by atoms with van der Waals surface area (Å²) in [6, 6.07) is -0.198. The Hall–Kier alpha value is -1.65. The Balaban J connectivity index is 2.38. The standard InChI is InChI=1S/C12H17N3O2/c1-2-14-8-6-13-11(12(14)17)15-7-4-3-5-10(15)9-16/h6,8-10H,2-5,7H2,1H3. The van der Waals surface area contributed by atoms with Crippen molar-refractivity contribution in [2.75, 3.05) is 11.4 Å². The van der Waals surface area contributed by atoms with Gasteiger partial charge in [-0.3, -0.25) is 4.79 Å². The summed E-state index contributed by atoms with van der Waals surface area (Å²) in [6.45, 7) is 3.27. The summed E-state index contributed by atoms with van der Waals surface area (Å²) in [4.78, 5) is 29.1. The predicted octanol–water partition coefficient (Wildman–Crippen LogP) is 0.821. The molecule has 1 aromatic heterocycles. The zero-order valence-electron chi connectivity index (χ0n) is 10.0. The van der Waals surface area contributed by atoms with Crippen LogP contribution in [0.1, 0.15) is 26.2 Å². The van der Waals surface area contributed by atoms with E-state index in [1.54, 1.807) is 17.0 Å². The highest BCUT2D eigenvalue weighted by Gasteiger charge is 2.25. The maximum atomic E-state index is 12.1. The molecular weight excluding hydrogens is 218 g/mol. The number of rotatable bonds is 3. The van der Waals surface area contributed by atoms with E-state index in [-0.39, 0.29) is 11.6 Å². The van der Waals surface area contributed by atoms with E-state index in [4.69, 9.17) is 0 Å². The molecule has 0 amide bonds. The molecule has 0 spiro atoms. The molecule has 1 unspecified atom stereocenters. The fraction of sp³-hybridized carbons (Fsp3) is 0.583. The summed E-state index contributed by atoms with van der Waals surface area (Å²) in [5, 5.41) is 0. The van der Waals surface area contributed by atoms with Gasteiger partial charge in [0.15, 0.2) is 5.82 Å². The molecule has 2 heterocycles. The van der Waals surface area contributed by atoms with Gasteiger partial charge in [0, 0.05) is 25.5 Å². The molecule has 1 saturated heterocycles. The summed E-state index contributed by atoms with van der Waals surface area (Å²) in [6.07, 6.45) is 7.07. The number of piperidine rings is 1. The van der Waals surface area contributed by atoms with Crippen molar-refractivity contribution >= 4 is 12.1 Å². The number of hydrogen-bond donors (Lipinski definition) is 0. The average Bonchev–Trinajstić information content (AvgIpc) is 2.39. The second-order valence-corrected chi connectivity index (χ2v) is 4.23. The van der Waals surface area contributed by atoms with Gasteiger partial charge in [-0.05, 0) is 26.2 Å². The summed E-state index contributed by atoms with van der Waals surface area (Å²) in [7, 11) is 0. The van der Waals surface area contributed by atoms with E-state index >= 15 is 0 Å². The van der Waals surface area contributed by atoms with Crippen molar-refractivity contribution in [3.8, 4) is 0 Å². The smallest absolute Gasteiger partial charge is 0.293 e.